The Morgan fingerprint density at radius 3 is 2.52 bits per heavy atom. The molecule has 0 bridgehead atoms. The molecule has 2 heterocycles. The molecular formula is C17H22N2OSi. The molecule has 21 heavy (non-hydrogen) atoms. The first kappa shape index (κ1) is 14.1. The number of aromatic nitrogens is 2. The second-order valence-electron chi connectivity index (χ2n) is 7.12. The molecule has 0 radical (unpaired) electrons. The summed E-state index contributed by atoms with van der Waals surface area (Å²) in [5, 5.41) is 2.59. The Morgan fingerprint density at radius 2 is 1.81 bits per heavy atom. The Morgan fingerprint density at radius 1 is 1.05 bits per heavy atom. The van der Waals surface area contributed by atoms with E-state index in [9.17, 15) is 0 Å². The molecule has 0 unspecified atom stereocenters. The molecule has 0 aliphatic rings. The van der Waals surface area contributed by atoms with E-state index in [-0.39, 0.29) is 5.04 Å². The monoisotopic (exact) mass is 298 g/mol. The normalized spacial score (nSPS) is 13.0. The molecule has 0 spiro atoms. The Bertz CT molecular complexity index is 799. The van der Waals surface area contributed by atoms with E-state index >= 15 is 0 Å². The van der Waals surface area contributed by atoms with E-state index in [0.717, 1.165) is 16.8 Å². The van der Waals surface area contributed by atoms with Gasteiger partial charge in [-0.1, -0.05) is 20.8 Å². The van der Waals surface area contributed by atoms with Gasteiger partial charge in [0.15, 0.2) is 0 Å². The van der Waals surface area contributed by atoms with Gasteiger partial charge < -0.3 is 9.41 Å². The van der Waals surface area contributed by atoms with E-state index < -0.39 is 8.32 Å². The van der Waals surface area contributed by atoms with Crippen molar-refractivity contribution in [2.45, 2.75) is 38.9 Å². The largest absolute Gasteiger partial charge is 0.543 e. The molecule has 3 aromatic rings. The molecule has 3 rings (SSSR count). The minimum Gasteiger partial charge on any atom is -0.543 e. The predicted molar refractivity (Wildman–Crippen MR) is 91.4 cm³/mol. The summed E-state index contributed by atoms with van der Waals surface area (Å²) in [4.78, 5) is 7.56. The number of nitrogens with zero attached hydrogens (tertiary/aromatic N) is 1. The number of aromatic amines is 1. The summed E-state index contributed by atoms with van der Waals surface area (Å²) in [6.07, 6.45) is 3.70. The summed E-state index contributed by atoms with van der Waals surface area (Å²) in [6.45, 7) is 11.3. The van der Waals surface area contributed by atoms with Crippen LogP contribution in [0.15, 0.2) is 36.7 Å². The summed E-state index contributed by atoms with van der Waals surface area (Å²) < 4.78 is 6.40. The van der Waals surface area contributed by atoms with E-state index in [1.807, 2.05) is 18.5 Å². The van der Waals surface area contributed by atoms with Gasteiger partial charge in [-0.05, 0) is 42.4 Å². The quantitative estimate of drug-likeness (QED) is 0.668. The maximum atomic E-state index is 6.40. The van der Waals surface area contributed by atoms with Crippen molar-refractivity contribution in [3.8, 4) is 5.75 Å². The molecule has 0 fully saturated rings. The van der Waals surface area contributed by atoms with E-state index in [1.165, 1.54) is 10.8 Å². The summed E-state index contributed by atoms with van der Waals surface area (Å²) in [5.41, 5.74) is 2.19. The van der Waals surface area contributed by atoms with Crippen LogP contribution < -0.4 is 4.43 Å². The van der Waals surface area contributed by atoms with Crippen LogP contribution in [0.1, 0.15) is 20.8 Å². The molecule has 4 heteroatoms. The van der Waals surface area contributed by atoms with E-state index in [2.05, 4.69) is 62.0 Å². The standard InChI is InChI=1S/C17H22N2OSi/c1-17(2,3)21(4,5)20-12-6-7-15-14(10-12)13-8-9-18-11-16(13)19-15/h6-11,19H,1-5H3. The summed E-state index contributed by atoms with van der Waals surface area (Å²) in [7, 11) is -1.80. The Kier molecular flexibility index (Phi) is 3.09. The lowest BCUT2D eigenvalue weighted by Crippen LogP contribution is -2.43. The zero-order valence-corrected chi connectivity index (χ0v) is 14.3. The average Bonchev–Trinajstić information content (AvgIpc) is 2.75. The highest BCUT2D eigenvalue weighted by atomic mass is 28.4. The first-order chi connectivity index (χ1) is 9.78. The number of benzene rings is 1. The van der Waals surface area contributed by atoms with Crippen LogP contribution in [0.2, 0.25) is 18.1 Å². The average molecular weight is 298 g/mol. The van der Waals surface area contributed by atoms with E-state index in [1.54, 1.807) is 0 Å². The highest BCUT2D eigenvalue weighted by Gasteiger charge is 2.38. The number of nitrogens with one attached hydrogen (secondary N) is 1. The van der Waals surface area contributed by atoms with Crippen molar-refractivity contribution in [3.05, 3.63) is 36.7 Å². The number of fused-ring (bicyclic) bond motifs is 3. The highest BCUT2D eigenvalue weighted by Crippen LogP contribution is 2.38. The highest BCUT2D eigenvalue weighted by molar-refractivity contribution is 6.74. The molecule has 110 valence electrons. The molecule has 2 aromatic heterocycles. The summed E-state index contributed by atoms with van der Waals surface area (Å²) >= 11 is 0. The van der Waals surface area contributed by atoms with Gasteiger partial charge in [0.05, 0.1) is 11.7 Å². The van der Waals surface area contributed by atoms with Crippen LogP contribution in [0.4, 0.5) is 0 Å². The first-order valence-electron chi connectivity index (χ1n) is 7.32. The molecule has 1 aromatic carbocycles. The smallest absolute Gasteiger partial charge is 0.250 e. The summed E-state index contributed by atoms with van der Waals surface area (Å²) in [5.74, 6) is 0.965. The number of H-pyrrole nitrogens is 1. The maximum absolute atomic E-state index is 6.40. The number of hydrogen-bond donors (Lipinski definition) is 1. The predicted octanol–water partition coefficient (Wildman–Crippen LogP) is 5.10. The fourth-order valence-electron chi connectivity index (χ4n) is 2.24. The van der Waals surface area contributed by atoms with Gasteiger partial charge in [-0.25, -0.2) is 0 Å². The third-order valence-corrected chi connectivity index (χ3v) is 8.91. The minimum absolute atomic E-state index is 0.200. The van der Waals surface area contributed by atoms with Gasteiger partial charge in [-0.15, -0.1) is 0 Å². The number of pyridine rings is 1. The van der Waals surface area contributed by atoms with E-state index in [0.29, 0.717) is 0 Å². The lowest BCUT2D eigenvalue weighted by Gasteiger charge is -2.36. The van der Waals surface area contributed by atoms with Crippen molar-refractivity contribution in [3.63, 3.8) is 0 Å². The fraction of sp³-hybridized carbons (Fsp3) is 0.353. The molecule has 0 amide bonds. The van der Waals surface area contributed by atoms with Crippen LogP contribution in [-0.4, -0.2) is 18.3 Å². The topological polar surface area (TPSA) is 37.9 Å². The van der Waals surface area contributed by atoms with E-state index in [4.69, 9.17) is 4.43 Å². The zero-order chi connectivity index (χ0) is 15.3. The van der Waals surface area contributed by atoms with Crippen LogP contribution in [0.3, 0.4) is 0 Å². The Balaban J connectivity index is 2.07. The third kappa shape index (κ3) is 2.44. The zero-order valence-electron chi connectivity index (χ0n) is 13.3. The van der Waals surface area contributed by atoms with Crippen molar-refractivity contribution in [1.29, 1.82) is 0 Å². The lowest BCUT2D eigenvalue weighted by molar-refractivity contribution is 0.493. The van der Waals surface area contributed by atoms with Crippen molar-refractivity contribution in [2.24, 2.45) is 0 Å². The molecule has 0 saturated carbocycles. The molecular weight excluding hydrogens is 276 g/mol. The number of hydrogen-bond acceptors (Lipinski definition) is 2. The van der Waals surface area contributed by atoms with Crippen molar-refractivity contribution < 1.29 is 4.43 Å². The first-order valence-corrected chi connectivity index (χ1v) is 10.2. The summed E-state index contributed by atoms with van der Waals surface area (Å²) in [6, 6.07) is 8.35. The van der Waals surface area contributed by atoms with Crippen LogP contribution in [-0.2, 0) is 0 Å². The van der Waals surface area contributed by atoms with Gasteiger partial charge in [0, 0.05) is 22.5 Å². The molecule has 1 N–H and O–H groups in total. The van der Waals surface area contributed by atoms with Crippen LogP contribution >= 0.6 is 0 Å². The third-order valence-electron chi connectivity index (χ3n) is 4.55. The van der Waals surface area contributed by atoms with Crippen molar-refractivity contribution >= 4 is 30.1 Å². The van der Waals surface area contributed by atoms with Gasteiger partial charge in [-0.3, -0.25) is 4.98 Å². The van der Waals surface area contributed by atoms with Crippen molar-refractivity contribution in [2.75, 3.05) is 0 Å². The fourth-order valence-corrected chi connectivity index (χ4v) is 3.26. The SMILES string of the molecule is CC(C)(C)[Si](C)(C)Oc1ccc2[nH]c3cnccc3c2c1. The Labute approximate surface area is 126 Å². The minimum atomic E-state index is -1.80. The van der Waals surface area contributed by atoms with Gasteiger partial charge in [0.1, 0.15) is 5.75 Å². The Hall–Kier alpha value is -1.81. The molecule has 0 aliphatic heterocycles. The number of rotatable bonds is 2. The van der Waals surface area contributed by atoms with Gasteiger partial charge >= 0.3 is 0 Å². The van der Waals surface area contributed by atoms with Gasteiger partial charge in [0.25, 0.3) is 0 Å². The van der Waals surface area contributed by atoms with Crippen LogP contribution in [0.5, 0.6) is 5.75 Å². The maximum Gasteiger partial charge on any atom is 0.250 e. The second kappa shape index (κ2) is 4.60. The van der Waals surface area contributed by atoms with Crippen LogP contribution in [0.25, 0.3) is 21.8 Å². The lowest BCUT2D eigenvalue weighted by atomic mass is 10.2. The second-order valence-corrected chi connectivity index (χ2v) is 11.8. The molecule has 0 atom stereocenters. The van der Waals surface area contributed by atoms with Crippen molar-refractivity contribution in [1.82, 2.24) is 9.97 Å². The molecule has 0 saturated heterocycles. The molecule has 0 aliphatic carbocycles. The van der Waals surface area contributed by atoms with Crippen LogP contribution in [0, 0.1) is 0 Å². The van der Waals surface area contributed by atoms with Gasteiger partial charge in [0.2, 0.25) is 8.32 Å². The molecule has 3 nitrogen and oxygen atoms in total. The van der Waals surface area contributed by atoms with Gasteiger partial charge in [-0.2, -0.15) is 0 Å².